The SMILES string of the molecule is CC1CCC(NS(=O)(=O)c2c(F)cc(N)cc2F)C1. The molecule has 0 bridgehead atoms. The molecule has 0 amide bonds. The van der Waals surface area contributed by atoms with Crippen molar-refractivity contribution in [3.63, 3.8) is 0 Å². The first-order valence-electron chi connectivity index (χ1n) is 6.06. The van der Waals surface area contributed by atoms with Gasteiger partial charge >= 0.3 is 0 Å². The average molecular weight is 290 g/mol. The Morgan fingerprint density at radius 3 is 2.32 bits per heavy atom. The lowest BCUT2D eigenvalue weighted by molar-refractivity contribution is 0.502. The number of nitrogens with one attached hydrogen (secondary N) is 1. The van der Waals surface area contributed by atoms with Crippen LogP contribution in [0.15, 0.2) is 17.0 Å². The Labute approximate surface area is 111 Å². The molecular formula is C12H16F2N2O2S. The average Bonchev–Trinajstić information content (AvgIpc) is 2.60. The zero-order valence-electron chi connectivity index (χ0n) is 10.5. The summed E-state index contributed by atoms with van der Waals surface area (Å²) in [6.45, 7) is 2.01. The lowest BCUT2D eigenvalue weighted by Crippen LogP contribution is -2.34. The lowest BCUT2D eigenvalue weighted by atomic mass is 10.1. The maximum Gasteiger partial charge on any atom is 0.246 e. The first-order valence-corrected chi connectivity index (χ1v) is 7.55. The molecule has 106 valence electrons. The molecule has 19 heavy (non-hydrogen) atoms. The van der Waals surface area contributed by atoms with Crippen molar-refractivity contribution in [2.45, 2.75) is 37.1 Å². The van der Waals surface area contributed by atoms with Gasteiger partial charge in [-0.1, -0.05) is 6.92 Å². The van der Waals surface area contributed by atoms with E-state index in [1.165, 1.54) is 0 Å². The summed E-state index contributed by atoms with van der Waals surface area (Å²) in [5, 5.41) is 0. The Hall–Kier alpha value is -1.21. The molecule has 0 heterocycles. The van der Waals surface area contributed by atoms with Gasteiger partial charge in [0.25, 0.3) is 0 Å². The van der Waals surface area contributed by atoms with Gasteiger partial charge in [-0.25, -0.2) is 21.9 Å². The first-order chi connectivity index (χ1) is 8.79. The van der Waals surface area contributed by atoms with Crippen molar-refractivity contribution >= 4 is 15.7 Å². The van der Waals surface area contributed by atoms with Crippen molar-refractivity contribution in [2.75, 3.05) is 5.73 Å². The maximum atomic E-state index is 13.6. The highest BCUT2D eigenvalue weighted by Crippen LogP contribution is 2.27. The van der Waals surface area contributed by atoms with Crippen molar-refractivity contribution in [2.24, 2.45) is 5.92 Å². The minimum Gasteiger partial charge on any atom is -0.399 e. The molecule has 0 aliphatic heterocycles. The molecular weight excluding hydrogens is 274 g/mol. The third kappa shape index (κ3) is 3.03. The lowest BCUT2D eigenvalue weighted by Gasteiger charge is -2.14. The normalized spacial score (nSPS) is 23.7. The second kappa shape index (κ2) is 5.05. The van der Waals surface area contributed by atoms with Gasteiger partial charge in [-0.3, -0.25) is 0 Å². The molecule has 0 aromatic heterocycles. The van der Waals surface area contributed by atoms with Crippen LogP contribution in [0.3, 0.4) is 0 Å². The van der Waals surface area contributed by atoms with Crippen LogP contribution in [0.1, 0.15) is 26.2 Å². The summed E-state index contributed by atoms with van der Waals surface area (Å²) >= 11 is 0. The molecule has 2 atom stereocenters. The molecule has 1 aliphatic carbocycles. The zero-order chi connectivity index (χ0) is 14.2. The molecule has 0 saturated heterocycles. The second-order valence-electron chi connectivity index (χ2n) is 5.05. The van der Waals surface area contributed by atoms with E-state index in [0.29, 0.717) is 18.8 Å². The summed E-state index contributed by atoms with van der Waals surface area (Å²) in [4.78, 5) is -0.957. The van der Waals surface area contributed by atoms with Crippen molar-refractivity contribution < 1.29 is 17.2 Å². The fraction of sp³-hybridized carbons (Fsp3) is 0.500. The highest BCUT2D eigenvalue weighted by atomic mass is 32.2. The van der Waals surface area contributed by atoms with Gasteiger partial charge in [0.05, 0.1) is 0 Å². The number of nitrogen functional groups attached to an aromatic ring is 1. The summed E-state index contributed by atoms with van der Waals surface area (Å²) in [6, 6.07) is 1.33. The first kappa shape index (κ1) is 14.2. The van der Waals surface area contributed by atoms with Gasteiger partial charge in [0.2, 0.25) is 10.0 Å². The fourth-order valence-corrected chi connectivity index (χ4v) is 3.83. The molecule has 1 aromatic carbocycles. The van der Waals surface area contributed by atoms with E-state index in [0.717, 1.165) is 18.6 Å². The Bertz CT molecular complexity index is 566. The number of hydrogen-bond acceptors (Lipinski definition) is 3. The van der Waals surface area contributed by atoms with Gasteiger partial charge < -0.3 is 5.73 Å². The van der Waals surface area contributed by atoms with Crippen LogP contribution in [-0.2, 0) is 10.0 Å². The van der Waals surface area contributed by atoms with Gasteiger partial charge in [-0.15, -0.1) is 0 Å². The number of anilines is 1. The number of rotatable bonds is 3. The summed E-state index contributed by atoms with van der Waals surface area (Å²) in [7, 11) is -4.20. The smallest absolute Gasteiger partial charge is 0.246 e. The van der Waals surface area contributed by atoms with E-state index in [1.54, 1.807) is 0 Å². The molecule has 1 fully saturated rings. The third-order valence-electron chi connectivity index (χ3n) is 3.31. The highest BCUT2D eigenvalue weighted by molar-refractivity contribution is 7.89. The Kier molecular flexibility index (Phi) is 3.78. The van der Waals surface area contributed by atoms with Gasteiger partial charge in [0.1, 0.15) is 11.6 Å². The van der Waals surface area contributed by atoms with E-state index in [4.69, 9.17) is 5.73 Å². The van der Waals surface area contributed by atoms with Crippen LogP contribution in [0.2, 0.25) is 0 Å². The van der Waals surface area contributed by atoms with Gasteiger partial charge in [0, 0.05) is 11.7 Å². The van der Waals surface area contributed by atoms with Gasteiger partial charge in [0.15, 0.2) is 4.90 Å². The van der Waals surface area contributed by atoms with E-state index in [9.17, 15) is 17.2 Å². The van der Waals surface area contributed by atoms with E-state index in [-0.39, 0.29) is 11.7 Å². The summed E-state index contributed by atoms with van der Waals surface area (Å²) in [6.07, 6.45) is 2.26. The standard InChI is InChI=1S/C12H16F2N2O2S/c1-7-2-3-9(4-7)16-19(17,18)12-10(13)5-8(15)6-11(12)14/h5-7,9,16H,2-4,15H2,1H3. The largest absolute Gasteiger partial charge is 0.399 e. The van der Waals surface area contributed by atoms with Crippen LogP contribution in [0.5, 0.6) is 0 Å². The molecule has 0 radical (unpaired) electrons. The number of hydrogen-bond donors (Lipinski definition) is 2. The minimum absolute atomic E-state index is 0.150. The second-order valence-corrected chi connectivity index (χ2v) is 6.70. The van der Waals surface area contributed by atoms with Crippen LogP contribution in [0.4, 0.5) is 14.5 Å². The van der Waals surface area contributed by atoms with Crippen molar-refractivity contribution in [1.82, 2.24) is 4.72 Å². The number of nitrogens with two attached hydrogens (primary N) is 1. The van der Waals surface area contributed by atoms with Crippen LogP contribution in [0, 0.1) is 17.6 Å². The molecule has 3 N–H and O–H groups in total. The third-order valence-corrected chi connectivity index (χ3v) is 4.88. The van der Waals surface area contributed by atoms with E-state index < -0.39 is 26.6 Å². The number of halogens is 2. The Morgan fingerprint density at radius 2 is 1.84 bits per heavy atom. The molecule has 4 nitrogen and oxygen atoms in total. The fourth-order valence-electron chi connectivity index (χ4n) is 2.43. The van der Waals surface area contributed by atoms with E-state index in [1.807, 2.05) is 6.92 Å². The Morgan fingerprint density at radius 1 is 1.26 bits per heavy atom. The number of sulfonamides is 1. The topological polar surface area (TPSA) is 72.2 Å². The van der Waals surface area contributed by atoms with Crippen molar-refractivity contribution in [3.05, 3.63) is 23.8 Å². The predicted molar refractivity (Wildman–Crippen MR) is 67.9 cm³/mol. The van der Waals surface area contributed by atoms with Crippen LogP contribution < -0.4 is 10.5 Å². The summed E-state index contributed by atoms with van der Waals surface area (Å²) < 4.78 is 53.6. The van der Waals surface area contributed by atoms with Crippen LogP contribution in [0.25, 0.3) is 0 Å². The van der Waals surface area contributed by atoms with Crippen molar-refractivity contribution in [3.8, 4) is 0 Å². The highest BCUT2D eigenvalue weighted by Gasteiger charge is 2.30. The summed E-state index contributed by atoms with van der Waals surface area (Å²) in [5.41, 5.74) is 5.11. The molecule has 2 unspecified atom stereocenters. The van der Waals surface area contributed by atoms with Gasteiger partial charge in [-0.05, 0) is 37.3 Å². The molecule has 1 aliphatic rings. The predicted octanol–water partition coefficient (Wildman–Crippen LogP) is 2.01. The molecule has 7 heteroatoms. The monoisotopic (exact) mass is 290 g/mol. The summed E-state index contributed by atoms with van der Waals surface area (Å²) in [5.74, 6) is -1.93. The molecule has 1 saturated carbocycles. The van der Waals surface area contributed by atoms with Gasteiger partial charge in [-0.2, -0.15) is 0 Å². The van der Waals surface area contributed by atoms with Crippen molar-refractivity contribution in [1.29, 1.82) is 0 Å². The van der Waals surface area contributed by atoms with Crippen LogP contribution in [-0.4, -0.2) is 14.5 Å². The molecule has 1 aromatic rings. The number of benzene rings is 1. The quantitative estimate of drug-likeness (QED) is 0.836. The maximum absolute atomic E-state index is 13.6. The zero-order valence-corrected chi connectivity index (χ0v) is 11.3. The Balaban J connectivity index is 2.30. The van der Waals surface area contributed by atoms with E-state index >= 15 is 0 Å². The minimum atomic E-state index is -4.20. The molecule has 2 rings (SSSR count). The molecule has 0 spiro atoms. The van der Waals surface area contributed by atoms with E-state index in [2.05, 4.69) is 4.72 Å². The van der Waals surface area contributed by atoms with Crippen LogP contribution >= 0.6 is 0 Å².